The van der Waals surface area contributed by atoms with Crippen LogP contribution in [0.2, 0.25) is 0 Å². The molecular formula is C25H31FN4O4S. The van der Waals surface area contributed by atoms with E-state index in [-0.39, 0.29) is 34.9 Å². The molecular weight excluding hydrogens is 471 g/mol. The Labute approximate surface area is 205 Å². The summed E-state index contributed by atoms with van der Waals surface area (Å²) in [7, 11) is -3.53. The van der Waals surface area contributed by atoms with Gasteiger partial charge in [-0.1, -0.05) is 13.0 Å². The maximum atomic E-state index is 14.5. The number of hydrogen-bond acceptors (Lipinski definition) is 6. The molecule has 0 aliphatic carbocycles. The number of aryl methyl sites for hydroxylation is 2. The smallest absolute Gasteiger partial charge is 0.245 e. The van der Waals surface area contributed by atoms with Crippen LogP contribution < -0.4 is 10.2 Å². The zero-order valence-corrected chi connectivity index (χ0v) is 21.1. The van der Waals surface area contributed by atoms with Crippen molar-refractivity contribution in [3.63, 3.8) is 0 Å². The first kappa shape index (κ1) is 25.1. The number of likely N-dealkylation sites (tertiary alicyclic amines) is 1. The van der Waals surface area contributed by atoms with Gasteiger partial charge in [0.2, 0.25) is 11.8 Å². The van der Waals surface area contributed by atoms with Gasteiger partial charge in [0.1, 0.15) is 17.7 Å². The van der Waals surface area contributed by atoms with Crippen LogP contribution in [0, 0.1) is 12.7 Å². The van der Waals surface area contributed by atoms with Gasteiger partial charge < -0.3 is 10.2 Å². The van der Waals surface area contributed by atoms with Crippen LogP contribution in [0.3, 0.4) is 0 Å². The van der Waals surface area contributed by atoms with Gasteiger partial charge in [0.05, 0.1) is 10.6 Å². The monoisotopic (exact) mass is 502 g/mol. The summed E-state index contributed by atoms with van der Waals surface area (Å²) in [6, 6.07) is 4.82. The van der Waals surface area contributed by atoms with Gasteiger partial charge in [-0.25, -0.2) is 17.8 Å². The lowest BCUT2D eigenvalue weighted by atomic mass is 9.96. The zero-order chi connectivity index (χ0) is 25.3. The molecule has 2 aromatic rings. The fourth-order valence-corrected chi connectivity index (χ4v) is 5.47. The number of rotatable bonds is 6. The van der Waals surface area contributed by atoms with Crippen LogP contribution in [0.25, 0.3) is 0 Å². The molecule has 188 valence electrons. The summed E-state index contributed by atoms with van der Waals surface area (Å²) in [6.07, 6.45) is 5.80. The molecule has 4 rings (SSSR count). The standard InChI is InChI=1S/C25H31FN4O4S/c1-4-17-12-16(2)24(27-15-17)30-11-9-18(13-23(30)31)29-10-5-6-22(25(29)32)28-21-8-7-19(14-20(21)26)35(3,33)34/h7-8,12,14-15,18,22,28H,4-6,9-11,13H2,1-3H3. The Balaban J connectivity index is 1.43. The minimum absolute atomic E-state index is 0.0635. The highest BCUT2D eigenvalue weighted by atomic mass is 32.2. The highest BCUT2D eigenvalue weighted by Crippen LogP contribution is 2.29. The summed E-state index contributed by atoms with van der Waals surface area (Å²) in [6.45, 7) is 5.04. The van der Waals surface area contributed by atoms with Crippen molar-refractivity contribution in [3.8, 4) is 0 Å². The second-order valence-electron chi connectivity index (χ2n) is 9.31. The lowest BCUT2D eigenvalue weighted by molar-refractivity contribution is -0.138. The Morgan fingerprint density at radius 2 is 1.94 bits per heavy atom. The van der Waals surface area contributed by atoms with Crippen molar-refractivity contribution in [2.45, 2.75) is 62.9 Å². The van der Waals surface area contributed by atoms with Crippen LogP contribution in [0.5, 0.6) is 0 Å². The molecule has 35 heavy (non-hydrogen) atoms. The molecule has 2 atom stereocenters. The van der Waals surface area contributed by atoms with E-state index in [0.717, 1.165) is 36.3 Å². The number of nitrogens with zero attached hydrogens (tertiary/aromatic N) is 3. The number of aromatic nitrogens is 1. The quantitative estimate of drug-likeness (QED) is 0.652. The lowest BCUT2D eigenvalue weighted by Crippen LogP contribution is -2.56. The second kappa shape index (κ2) is 9.93. The number of hydrogen-bond donors (Lipinski definition) is 1. The summed E-state index contributed by atoms with van der Waals surface area (Å²) >= 11 is 0. The molecule has 2 saturated heterocycles. The van der Waals surface area contributed by atoms with E-state index in [4.69, 9.17) is 0 Å². The van der Waals surface area contributed by atoms with Crippen molar-refractivity contribution in [1.82, 2.24) is 9.88 Å². The minimum atomic E-state index is -3.53. The van der Waals surface area contributed by atoms with Crippen LogP contribution in [0.4, 0.5) is 15.9 Å². The summed E-state index contributed by atoms with van der Waals surface area (Å²) in [4.78, 5) is 34.1. The van der Waals surface area contributed by atoms with E-state index in [1.54, 1.807) is 16.0 Å². The molecule has 8 nitrogen and oxygen atoms in total. The van der Waals surface area contributed by atoms with Crippen molar-refractivity contribution < 1.29 is 22.4 Å². The molecule has 2 aliphatic rings. The fraction of sp³-hybridized carbons (Fsp3) is 0.480. The van der Waals surface area contributed by atoms with Crippen LogP contribution in [0.1, 0.15) is 43.7 Å². The van der Waals surface area contributed by atoms with Crippen LogP contribution in [0.15, 0.2) is 35.4 Å². The Bertz CT molecular complexity index is 1250. The van der Waals surface area contributed by atoms with Crippen LogP contribution in [-0.4, -0.2) is 61.5 Å². The largest absolute Gasteiger partial charge is 0.371 e. The molecule has 2 fully saturated rings. The van der Waals surface area contributed by atoms with E-state index < -0.39 is 21.7 Å². The molecule has 1 N–H and O–H groups in total. The van der Waals surface area contributed by atoms with Gasteiger partial charge in [-0.15, -0.1) is 0 Å². The number of carbonyl (C=O) groups excluding carboxylic acids is 2. The summed E-state index contributed by atoms with van der Waals surface area (Å²) in [5, 5.41) is 2.94. The van der Waals surface area contributed by atoms with Gasteiger partial charge >= 0.3 is 0 Å². The number of sulfone groups is 1. The third-order valence-corrected chi connectivity index (χ3v) is 7.89. The van der Waals surface area contributed by atoms with Crippen molar-refractivity contribution >= 4 is 33.2 Å². The average molecular weight is 503 g/mol. The van der Waals surface area contributed by atoms with Crippen molar-refractivity contribution in [2.24, 2.45) is 0 Å². The maximum absolute atomic E-state index is 14.5. The van der Waals surface area contributed by atoms with Crippen molar-refractivity contribution in [1.29, 1.82) is 0 Å². The van der Waals surface area contributed by atoms with E-state index in [1.807, 2.05) is 13.0 Å². The van der Waals surface area contributed by atoms with Crippen molar-refractivity contribution in [2.75, 3.05) is 29.6 Å². The van der Waals surface area contributed by atoms with E-state index >= 15 is 0 Å². The van der Waals surface area contributed by atoms with E-state index in [2.05, 4.69) is 17.2 Å². The van der Waals surface area contributed by atoms with Gasteiger partial charge in [0.15, 0.2) is 9.84 Å². The number of halogens is 1. The predicted molar refractivity (Wildman–Crippen MR) is 132 cm³/mol. The van der Waals surface area contributed by atoms with Gasteiger partial charge in [-0.2, -0.15) is 0 Å². The predicted octanol–water partition coefficient (Wildman–Crippen LogP) is 3.09. The van der Waals surface area contributed by atoms with Crippen LogP contribution >= 0.6 is 0 Å². The minimum Gasteiger partial charge on any atom is -0.371 e. The molecule has 1 aromatic heterocycles. The summed E-state index contributed by atoms with van der Waals surface area (Å²) in [5.41, 5.74) is 2.16. The Morgan fingerprint density at radius 1 is 1.17 bits per heavy atom. The third-order valence-electron chi connectivity index (χ3n) is 6.78. The Hall–Kier alpha value is -3.01. The lowest BCUT2D eigenvalue weighted by Gasteiger charge is -2.42. The SMILES string of the molecule is CCc1cnc(N2CCC(N3CCCC(Nc4ccc(S(C)(=O)=O)cc4F)C3=O)CC2=O)c(C)c1. The Kier molecular flexibility index (Phi) is 7.12. The van der Waals surface area contributed by atoms with E-state index in [1.165, 1.54) is 12.1 Å². The van der Waals surface area contributed by atoms with Gasteiger partial charge in [-0.05, 0) is 61.9 Å². The van der Waals surface area contributed by atoms with E-state index in [9.17, 15) is 22.4 Å². The fourth-order valence-electron chi connectivity index (χ4n) is 4.84. The number of nitrogens with one attached hydrogen (secondary N) is 1. The Morgan fingerprint density at radius 3 is 2.57 bits per heavy atom. The average Bonchev–Trinajstić information content (AvgIpc) is 2.81. The maximum Gasteiger partial charge on any atom is 0.245 e. The molecule has 1 aromatic carbocycles. The van der Waals surface area contributed by atoms with Gasteiger partial charge in [-0.3, -0.25) is 14.5 Å². The molecule has 0 bridgehead atoms. The first-order valence-corrected chi connectivity index (χ1v) is 13.8. The molecule has 2 amide bonds. The normalized spacial score (nSPS) is 21.4. The number of amides is 2. The van der Waals surface area contributed by atoms with Gasteiger partial charge in [0, 0.05) is 38.0 Å². The topological polar surface area (TPSA) is 99.7 Å². The van der Waals surface area contributed by atoms with E-state index in [0.29, 0.717) is 31.7 Å². The number of anilines is 2. The van der Waals surface area contributed by atoms with Crippen molar-refractivity contribution in [3.05, 3.63) is 47.4 Å². The van der Waals surface area contributed by atoms with Gasteiger partial charge in [0.25, 0.3) is 0 Å². The number of piperidine rings is 2. The number of benzene rings is 1. The first-order valence-electron chi connectivity index (χ1n) is 11.9. The molecule has 2 aliphatic heterocycles. The molecule has 10 heteroatoms. The van der Waals surface area contributed by atoms with Crippen LogP contribution in [-0.2, 0) is 25.8 Å². The second-order valence-corrected chi connectivity index (χ2v) is 11.3. The first-order chi connectivity index (χ1) is 16.6. The third kappa shape index (κ3) is 5.32. The molecule has 0 radical (unpaired) electrons. The molecule has 0 spiro atoms. The highest BCUT2D eigenvalue weighted by molar-refractivity contribution is 7.90. The summed E-state index contributed by atoms with van der Waals surface area (Å²) in [5.74, 6) is -0.288. The summed E-state index contributed by atoms with van der Waals surface area (Å²) < 4.78 is 37.9. The molecule has 0 saturated carbocycles. The molecule has 2 unspecified atom stereocenters. The molecule has 3 heterocycles. The highest BCUT2D eigenvalue weighted by Gasteiger charge is 2.38. The number of carbonyl (C=O) groups is 2. The zero-order valence-electron chi connectivity index (χ0n) is 20.3. The number of pyridine rings is 1.